The van der Waals surface area contributed by atoms with Gasteiger partial charge in [-0.3, -0.25) is 4.98 Å². The Labute approximate surface area is 280 Å². The second kappa shape index (κ2) is 12.5. The van der Waals surface area contributed by atoms with E-state index in [0.29, 0.717) is 46.3 Å². The minimum absolute atomic E-state index is 0.0515. The van der Waals surface area contributed by atoms with Crippen molar-refractivity contribution in [2.75, 3.05) is 6.61 Å². The van der Waals surface area contributed by atoms with Crippen LogP contribution in [0.25, 0.3) is 45.3 Å². The number of ether oxygens (including phenoxy) is 1. The number of aryl methyl sites for hydroxylation is 2. The first-order valence-corrected chi connectivity index (χ1v) is 15.5. The van der Waals surface area contributed by atoms with Gasteiger partial charge in [-0.05, 0) is 54.8 Å². The van der Waals surface area contributed by atoms with Crippen molar-refractivity contribution in [3.63, 3.8) is 0 Å². The van der Waals surface area contributed by atoms with Crippen LogP contribution in [0.2, 0.25) is 0 Å². The fraction of sp³-hybridized carbons (Fsp3) is 0.189. The number of benzene rings is 2. The molecule has 2 N–H and O–H groups in total. The smallest absolute Gasteiger partial charge is 0.335 e. The zero-order valence-corrected chi connectivity index (χ0v) is 26.7. The van der Waals surface area contributed by atoms with Gasteiger partial charge < -0.3 is 24.1 Å². The number of imidazole rings is 2. The summed E-state index contributed by atoms with van der Waals surface area (Å²) in [5.41, 5.74) is 6.38. The van der Waals surface area contributed by atoms with E-state index in [9.17, 15) is 24.2 Å². The van der Waals surface area contributed by atoms with Crippen LogP contribution in [0.1, 0.15) is 44.8 Å². The molecule has 246 valence electrons. The van der Waals surface area contributed by atoms with Crippen LogP contribution in [-0.4, -0.2) is 57.8 Å². The Balaban J connectivity index is 1.10. The number of hydrogen-bond donors (Lipinski definition) is 2. The topological polar surface area (TPSA) is 145 Å². The van der Waals surface area contributed by atoms with Gasteiger partial charge in [-0.2, -0.15) is 0 Å². The summed E-state index contributed by atoms with van der Waals surface area (Å²) in [6.07, 6.45) is 6.61. The maximum atomic E-state index is 14.1. The SMILES string of the molecule is Cn1cnc(-c2cc(C(=O)O)ccn2)c1-c1ccc(C2(COCc3cc(C(=O)O)cc(-c4ncn(C)c4-c4cccc(F)c4)n3)CC2)cc1. The third kappa shape index (κ3) is 6.21. The average Bonchev–Trinajstić information content (AvgIpc) is 3.63. The predicted octanol–water partition coefficient (Wildman–Crippen LogP) is 6.40. The lowest BCUT2D eigenvalue weighted by molar-refractivity contribution is 0.0685. The van der Waals surface area contributed by atoms with Crippen LogP contribution >= 0.6 is 0 Å². The molecule has 0 aliphatic heterocycles. The summed E-state index contributed by atoms with van der Waals surface area (Å²) in [6.45, 7) is 0.512. The van der Waals surface area contributed by atoms with Crippen LogP contribution in [0.3, 0.4) is 0 Å². The van der Waals surface area contributed by atoms with Gasteiger partial charge in [0.15, 0.2) is 0 Å². The molecule has 1 aliphatic carbocycles. The number of carboxylic acid groups (broad SMARTS) is 2. The Morgan fingerprint density at radius 1 is 0.796 bits per heavy atom. The molecule has 1 aliphatic rings. The Hall–Kier alpha value is -6.01. The lowest BCUT2D eigenvalue weighted by atomic mass is 9.95. The third-order valence-electron chi connectivity index (χ3n) is 8.84. The summed E-state index contributed by atoms with van der Waals surface area (Å²) in [4.78, 5) is 41.7. The van der Waals surface area contributed by atoms with Crippen molar-refractivity contribution in [1.82, 2.24) is 29.1 Å². The van der Waals surface area contributed by atoms with Gasteiger partial charge in [0, 0.05) is 36.8 Å². The molecule has 0 radical (unpaired) electrons. The van der Waals surface area contributed by atoms with E-state index in [-0.39, 0.29) is 23.1 Å². The number of hydrogen-bond acceptors (Lipinski definition) is 7. The highest BCUT2D eigenvalue weighted by atomic mass is 19.1. The van der Waals surface area contributed by atoms with E-state index in [4.69, 9.17) is 9.72 Å². The van der Waals surface area contributed by atoms with Crippen molar-refractivity contribution in [2.45, 2.75) is 24.9 Å². The van der Waals surface area contributed by atoms with Gasteiger partial charge >= 0.3 is 11.9 Å². The quantitative estimate of drug-likeness (QED) is 0.162. The lowest BCUT2D eigenvalue weighted by Gasteiger charge is -2.17. The van der Waals surface area contributed by atoms with Crippen molar-refractivity contribution in [3.8, 4) is 45.3 Å². The number of carboxylic acids is 2. The summed E-state index contributed by atoms with van der Waals surface area (Å²) in [5.74, 6) is -2.53. The van der Waals surface area contributed by atoms with Crippen LogP contribution in [0, 0.1) is 5.82 Å². The molecular weight excluding hydrogens is 627 g/mol. The molecule has 1 fully saturated rings. The van der Waals surface area contributed by atoms with Crippen LogP contribution in [-0.2, 0) is 30.9 Å². The Kier molecular flexibility index (Phi) is 8.09. The highest BCUT2D eigenvalue weighted by molar-refractivity contribution is 5.90. The predicted molar refractivity (Wildman–Crippen MR) is 178 cm³/mol. The molecule has 0 unspecified atom stereocenters. The van der Waals surface area contributed by atoms with Crippen molar-refractivity contribution < 1.29 is 28.9 Å². The Bertz CT molecular complexity index is 2220. The van der Waals surface area contributed by atoms with Gasteiger partial charge in [-0.25, -0.2) is 28.9 Å². The van der Waals surface area contributed by atoms with Gasteiger partial charge in [-0.15, -0.1) is 0 Å². The second-order valence-corrected chi connectivity index (χ2v) is 12.2. The van der Waals surface area contributed by atoms with Crippen molar-refractivity contribution in [1.29, 1.82) is 0 Å². The van der Waals surface area contributed by atoms with E-state index >= 15 is 0 Å². The average molecular weight is 659 g/mol. The zero-order chi connectivity index (χ0) is 34.3. The van der Waals surface area contributed by atoms with Gasteiger partial charge in [0.2, 0.25) is 0 Å². The number of carbonyl (C=O) groups is 2. The first kappa shape index (κ1) is 31.6. The molecule has 4 heterocycles. The van der Waals surface area contributed by atoms with E-state index < -0.39 is 17.8 Å². The normalized spacial score (nSPS) is 13.4. The van der Waals surface area contributed by atoms with Crippen LogP contribution in [0.15, 0.2) is 91.6 Å². The number of nitrogens with zero attached hydrogens (tertiary/aromatic N) is 6. The summed E-state index contributed by atoms with van der Waals surface area (Å²) in [6, 6.07) is 20.2. The zero-order valence-electron chi connectivity index (χ0n) is 26.7. The van der Waals surface area contributed by atoms with E-state index in [2.05, 4.69) is 27.1 Å². The molecule has 4 aromatic heterocycles. The molecule has 12 heteroatoms. The first-order chi connectivity index (χ1) is 23.6. The van der Waals surface area contributed by atoms with E-state index in [1.165, 1.54) is 42.6 Å². The monoisotopic (exact) mass is 658 g/mol. The first-order valence-electron chi connectivity index (χ1n) is 15.5. The molecule has 7 rings (SSSR count). The number of aromatic carboxylic acids is 2. The Morgan fingerprint density at radius 3 is 2.10 bits per heavy atom. The maximum absolute atomic E-state index is 14.1. The van der Waals surface area contributed by atoms with E-state index in [1.54, 1.807) is 36.4 Å². The molecule has 1 saturated carbocycles. The largest absolute Gasteiger partial charge is 0.478 e. The number of aromatic nitrogens is 6. The van der Waals surface area contributed by atoms with Gasteiger partial charge in [0.1, 0.15) is 17.2 Å². The summed E-state index contributed by atoms with van der Waals surface area (Å²) < 4.78 is 23.9. The van der Waals surface area contributed by atoms with Gasteiger partial charge in [-0.1, -0.05) is 36.4 Å². The molecule has 0 bridgehead atoms. The van der Waals surface area contributed by atoms with Crippen molar-refractivity contribution in [2.24, 2.45) is 14.1 Å². The number of pyridine rings is 2. The van der Waals surface area contributed by atoms with Crippen LogP contribution in [0.5, 0.6) is 0 Å². The summed E-state index contributed by atoms with van der Waals surface area (Å²) in [5, 5.41) is 19.3. The minimum Gasteiger partial charge on any atom is -0.478 e. The van der Waals surface area contributed by atoms with Crippen molar-refractivity contribution >= 4 is 11.9 Å². The number of rotatable bonds is 11. The van der Waals surface area contributed by atoms with Crippen LogP contribution < -0.4 is 0 Å². The van der Waals surface area contributed by atoms with E-state index in [0.717, 1.165) is 29.7 Å². The van der Waals surface area contributed by atoms with Gasteiger partial charge in [0.25, 0.3) is 0 Å². The van der Waals surface area contributed by atoms with Crippen LogP contribution in [0.4, 0.5) is 4.39 Å². The summed E-state index contributed by atoms with van der Waals surface area (Å²) in [7, 11) is 3.67. The standard InChI is InChI=1S/C37H31FN6O5/c1-43-20-40-31(29-16-24(35(45)46)10-13-39-29)33(43)22-6-8-26(9-7-22)37(11-12-37)19-49-18-28-15-25(36(47)48)17-30(42-28)32-34(44(2)21-41-32)23-4-3-5-27(38)14-23/h3-10,13-17,20-21H,11-12,18-19H2,1-2H3,(H,45,46)(H,47,48). The molecule has 2 aromatic carbocycles. The maximum Gasteiger partial charge on any atom is 0.335 e. The molecule has 0 spiro atoms. The van der Waals surface area contributed by atoms with Gasteiger partial charge in [0.05, 0.1) is 65.5 Å². The minimum atomic E-state index is -1.10. The molecule has 11 nitrogen and oxygen atoms in total. The molecule has 0 saturated heterocycles. The molecule has 0 amide bonds. The third-order valence-corrected chi connectivity index (χ3v) is 8.84. The lowest BCUT2D eigenvalue weighted by Crippen LogP contribution is -2.16. The van der Waals surface area contributed by atoms with E-state index in [1.807, 2.05) is 23.7 Å². The second-order valence-electron chi connectivity index (χ2n) is 12.2. The summed E-state index contributed by atoms with van der Waals surface area (Å²) >= 11 is 0. The molecular formula is C37H31FN6O5. The highest BCUT2D eigenvalue weighted by Crippen LogP contribution is 2.49. The molecule has 6 aromatic rings. The number of halogens is 1. The Morgan fingerprint density at radius 2 is 1.45 bits per heavy atom. The fourth-order valence-corrected chi connectivity index (χ4v) is 6.15. The molecule has 0 atom stereocenters. The molecule has 49 heavy (non-hydrogen) atoms. The van der Waals surface area contributed by atoms with Crippen molar-refractivity contribution in [3.05, 3.63) is 120 Å². The fourth-order valence-electron chi connectivity index (χ4n) is 6.15. The highest BCUT2D eigenvalue weighted by Gasteiger charge is 2.44.